The number of primary amides is 1. The number of rotatable bonds is 12. The normalized spacial score (nSPS) is 19.0. The molecule has 0 aromatic heterocycles. The van der Waals surface area contributed by atoms with E-state index in [0.717, 1.165) is 28.8 Å². The molecule has 3 aromatic carbocycles. The Morgan fingerprint density at radius 3 is 2.13 bits per heavy atom. The molecular formula is C32H33N5O8. The van der Waals surface area contributed by atoms with Crippen LogP contribution in [0.1, 0.15) is 35.2 Å². The van der Waals surface area contributed by atoms with E-state index in [-0.39, 0.29) is 23.9 Å². The largest absolute Gasteiger partial charge is 0.502 e. The van der Waals surface area contributed by atoms with Gasteiger partial charge in [0, 0.05) is 12.5 Å². The van der Waals surface area contributed by atoms with Crippen LogP contribution in [0.5, 0.6) is 5.75 Å². The zero-order chi connectivity index (χ0) is 32.2. The molecule has 1 aliphatic heterocycles. The van der Waals surface area contributed by atoms with Gasteiger partial charge >= 0.3 is 5.69 Å². The van der Waals surface area contributed by atoms with Gasteiger partial charge in [0.2, 0.25) is 11.8 Å². The van der Waals surface area contributed by atoms with Crippen molar-refractivity contribution >= 4 is 29.3 Å². The zero-order valence-electron chi connectivity index (χ0n) is 24.3. The van der Waals surface area contributed by atoms with Gasteiger partial charge in [0.25, 0.3) is 11.8 Å². The van der Waals surface area contributed by atoms with Crippen LogP contribution in [0.3, 0.4) is 0 Å². The number of aromatic hydroxyl groups is 1. The van der Waals surface area contributed by atoms with Crippen molar-refractivity contribution in [3.05, 3.63) is 105 Å². The summed E-state index contributed by atoms with van der Waals surface area (Å²) in [5, 5.41) is 29.3. The predicted molar refractivity (Wildman–Crippen MR) is 161 cm³/mol. The van der Waals surface area contributed by atoms with Crippen LogP contribution in [0.25, 0.3) is 0 Å². The summed E-state index contributed by atoms with van der Waals surface area (Å²) >= 11 is 0. The van der Waals surface area contributed by atoms with E-state index in [2.05, 4.69) is 16.0 Å². The second kappa shape index (κ2) is 13.1. The predicted octanol–water partition coefficient (Wildman–Crippen LogP) is 1.36. The van der Waals surface area contributed by atoms with E-state index in [4.69, 9.17) is 10.5 Å². The van der Waals surface area contributed by atoms with Crippen molar-refractivity contribution in [1.82, 2.24) is 16.0 Å². The quantitative estimate of drug-likeness (QED) is 0.114. The van der Waals surface area contributed by atoms with Crippen LogP contribution in [-0.2, 0) is 43.2 Å². The first kappa shape index (κ1) is 31.1. The number of fused-ring (bicyclic) bond motifs is 1. The maximum absolute atomic E-state index is 13.6. The molecule has 0 saturated carbocycles. The highest BCUT2D eigenvalue weighted by atomic mass is 16.6. The Labute approximate surface area is 258 Å². The van der Waals surface area contributed by atoms with E-state index in [1.165, 1.54) is 6.07 Å². The van der Waals surface area contributed by atoms with E-state index in [1.807, 2.05) is 54.6 Å². The lowest BCUT2D eigenvalue weighted by Crippen LogP contribution is -2.56. The number of benzene rings is 3. The summed E-state index contributed by atoms with van der Waals surface area (Å²) in [6, 6.07) is 17.7. The van der Waals surface area contributed by atoms with Crippen molar-refractivity contribution in [2.75, 3.05) is 0 Å². The van der Waals surface area contributed by atoms with Crippen molar-refractivity contribution in [2.45, 2.75) is 56.5 Å². The van der Waals surface area contributed by atoms with E-state index in [9.17, 15) is 34.4 Å². The Morgan fingerprint density at radius 2 is 1.53 bits per heavy atom. The number of nitrogens with zero attached hydrogens (tertiary/aromatic N) is 1. The van der Waals surface area contributed by atoms with E-state index >= 15 is 0 Å². The summed E-state index contributed by atoms with van der Waals surface area (Å²) < 4.78 is 5.36. The number of carbonyl (C=O) groups excluding carboxylic acids is 4. The van der Waals surface area contributed by atoms with Crippen molar-refractivity contribution in [1.29, 1.82) is 0 Å². The first-order valence-electron chi connectivity index (χ1n) is 14.5. The fourth-order valence-corrected chi connectivity index (χ4v) is 5.68. The fraction of sp³-hybridized carbons (Fsp3) is 0.312. The maximum atomic E-state index is 13.6. The molecule has 1 fully saturated rings. The molecule has 234 valence electrons. The van der Waals surface area contributed by atoms with Gasteiger partial charge in [-0.2, -0.15) is 0 Å². The van der Waals surface area contributed by atoms with Gasteiger partial charge in [-0.1, -0.05) is 60.7 Å². The molecule has 0 spiro atoms. The standard InChI is InChI=1S/C32H33N5O8/c1-17(19-7-3-2-4-8-19)34-31(41)27-28(45-27)32(42)35-23(13-18-11-12-25(38)24(14-18)37(43)44)30(40)36-26(29(33)39)22-15-20-9-5-6-10-21(20)16-22/h2-12,14,17,22-23,26-28,38H,13,15-16H2,1H3,(H2,33,39)(H,34,41)(H,35,42)(H,36,40)/t17-,23-,26-,27+,28?/m1/s1. The van der Waals surface area contributed by atoms with Crippen LogP contribution in [-0.4, -0.2) is 58.0 Å². The number of nitro groups is 1. The third-order valence-electron chi connectivity index (χ3n) is 8.13. The van der Waals surface area contributed by atoms with Crippen molar-refractivity contribution < 1.29 is 33.9 Å². The van der Waals surface area contributed by atoms with Crippen LogP contribution in [0.15, 0.2) is 72.8 Å². The molecule has 5 rings (SSSR count). The lowest BCUT2D eigenvalue weighted by molar-refractivity contribution is -0.385. The number of hydrogen-bond donors (Lipinski definition) is 5. The summed E-state index contributed by atoms with van der Waals surface area (Å²) in [6.45, 7) is 1.79. The molecule has 13 heteroatoms. The lowest BCUT2D eigenvalue weighted by Gasteiger charge is -2.25. The lowest BCUT2D eigenvalue weighted by atomic mass is 9.95. The molecule has 3 aromatic rings. The molecule has 1 heterocycles. The molecule has 0 bridgehead atoms. The summed E-state index contributed by atoms with van der Waals surface area (Å²) in [5.41, 5.74) is 8.33. The summed E-state index contributed by atoms with van der Waals surface area (Å²) in [6.07, 6.45) is -1.46. The Morgan fingerprint density at radius 1 is 0.933 bits per heavy atom. The number of nitro benzene ring substituents is 1. The number of ether oxygens (including phenoxy) is 1. The fourth-order valence-electron chi connectivity index (χ4n) is 5.68. The number of phenols is 1. The highest BCUT2D eigenvalue weighted by molar-refractivity contribution is 5.98. The van der Waals surface area contributed by atoms with Gasteiger partial charge in [0.1, 0.15) is 12.1 Å². The molecule has 2 aliphatic rings. The van der Waals surface area contributed by atoms with Crippen molar-refractivity contribution in [3.63, 3.8) is 0 Å². The summed E-state index contributed by atoms with van der Waals surface area (Å²) in [5.74, 6) is -3.63. The number of carbonyl (C=O) groups is 4. The Kier molecular flexibility index (Phi) is 9.09. The maximum Gasteiger partial charge on any atom is 0.310 e. The smallest absolute Gasteiger partial charge is 0.310 e. The van der Waals surface area contributed by atoms with Crippen LogP contribution in [0, 0.1) is 16.0 Å². The van der Waals surface area contributed by atoms with Gasteiger partial charge in [-0.15, -0.1) is 0 Å². The number of epoxide rings is 1. The number of nitrogens with one attached hydrogen (secondary N) is 3. The highest BCUT2D eigenvalue weighted by Gasteiger charge is 2.51. The van der Waals surface area contributed by atoms with Crippen LogP contribution < -0.4 is 21.7 Å². The third kappa shape index (κ3) is 7.27. The van der Waals surface area contributed by atoms with Gasteiger partial charge in [-0.25, -0.2) is 0 Å². The number of amides is 4. The topological polar surface area (TPSA) is 206 Å². The molecule has 45 heavy (non-hydrogen) atoms. The summed E-state index contributed by atoms with van der Waals surface area (Å²) in [4.78, 5) is 62.7. The minimum atomic E-state index is -1.33. The monoisotopic (exact) mass is 615 g/mol. The van der Waals surface area contributed by atoms with Gasteiger partial charge in [0.05, 0.1) is 11.0 Å². The highest BCUT2D eigenvalue weighted by Crippen LogP contribution is 2.30. The number of hydrogen-bond acceptors (Lipinski definition) is 8. The zero-order valence-corrected chi connectivity index (χ0v) is 24.3. The molecule has 1 aliphatic carbocycles. The van der Waals surface area contributed by atoms with Gasteiger partial charge in [0.15, 0.2) is 18.0 Å². The molecule has 6 N–H and O–H groups in total. The number of nitrogens with two attached hydrogens (primary N) is 1. The Bertz CT molecular complexity index is 1610. The third-order valence-corrected chi connectivity index (χ3v) is 8.13. The average Bonchev–Trinajstić information content (AvgIpc) is 3.72. The average molecular weight is 616 g/mol. The van der Waals surface area contributed by atoms with Crippen LogP contribution in [0.4, 0.5) is 5.69 Å². The van der Waals surface area contributed by atoms with E-state index in [0.29, 0.717) is 12.8 Å². The van der Waals surface area contributed by atoms with Crippen molar-refractivity contribution in [3.8, 4) is 5.75 Å². The minimum Gasteiger partial charge on any atom is -0.502 e. The molecular weight excluding hydrogens is 582 g/mol. The second-order valence-electron chi connectivity index (χ2n) is 11.3. The Hall–Kier alpha value is -5.30. The molecule has 0 radical (unpaired) electrons. The molecule has 13 nitrogen and oxygen atoms in total. The first-order valence-corrected chi connectivity index (χ1v) is 14.5. The van der Waals surface area contributed by atoms with Crippen molar-refractivity contribution in [2.24, 2.45) is 11.7 Å². The van der Waals surface area contributed by atoms with Gasteiger partial charge in [-0.05, 0) is 54.0 Å². The SMILES string of the molecule is C[C@@H](NC(=O)[C@H]1OC1C(=O)N[C@H](Cc1ccc(O)c([N+](=O)[O-])c1)C(=O)N[C@@H](C(N)=O)C1Cc2ccccc2C1)c1ccccc1. The first-order chi connectivity index (χ1) is 21.5. The van der Waals surface area contributed by atoms with Crippen LogP contribution in [0.2, 0.25) is 0 Å². The molecule has 5 atom stereocenters. The molecule has 1 unspecified atom stereocenters. The molecule has 4 amide bonds. The minimum absolute atomic E-state index is 0.232. The second-order valence-corrected chi connectivity index (χ2v) is 11.3. The summed E-state index contributed by atoms with van der Waals surface area (Å²) in [7, 11) is 0. The van der Waals surface area contributed by atoms with Gasteiger partial charge < -0.3 is 31.5 Å². The van der Waals surface area contributed by atoms with Gasteiger partial charge in [-0.3, -0.25) is 29.3 Å². The number of phenolic OH excluding ortho intramolecular Hbond substituents is 1. The van der Waals surface area contributed by atoms with E-state index < -0.39 is 64.3 Å². The van der Waals surface area contributed by atoms with E-state index in [1.54, 1.807) is 6.92 Å². The molecule has 1 saturated heterocycles. The van der Waals surface area contributed by atoms with Crippen LogP contribution >= 0.6 is 0 Å². The Balaban J connectivity index is 1.30.